The molecule has 2 spiro atoms. The third-order valence-electron chi connectivity index (χ3n) is 12.7. The van der Waals surface area contributed by atoms with E-state index >= 15 is 0 Å². The molecule has 1 aromatic carbocycles. The quantitative estimate of drug-likeness (QED) is 0.481. The van der Waals surface area contributed by atoms with Gasteiger partial charge in [-0.15, -0.1) is 5.10 Å². The highest BCUT2D eigenvalue weighted by Crippen LogP contribution is 2.84. The van der Waals surface area contributed by atoms with Gasteiger partial charge in [-0.2, -0.15) is 0 Å². The van der Waals surface area contributed by atoms with Gasteiger partial charge in [0.1, 0.15) is 11.8 Å². The first-order valence-electron chi connectivity index (χ1n) is 15.2. The van der Waals surface area contributed by atoms with Crippen molar-refractivity contribution in [1.82, 2.24) is 15.0 Å². The summed E-state index contributed by atoms with van der Waals surface area (Å²) in [6.45, 7) is 15.1. The third kappa shape index (κ3) is 2.71. The van der Waals surface area contributed by atoms with Crippen molar-refractivity contribution in [3.63, 3.8) is 0 Å². The van der Waals surface area contributed by atoms with Gasteiger partial charge >= 0.3 is 0 Å². The van der Waals surface area contributed by atoms with Crippen LogP contribution in [0.5, 0.6) is 0 Å². The Kier molecular flexibility index (Phi) is 4.85. The summed E-state index contributed by atoms with van der Waals surface area (Å²) in [6.07, 6.45) is 1.80. The molecule has 0 radical (unpaired) electrons. The standard InChI is InChI=1S/C33H41N3O5/c1-16-19-11-12-22-31-15-41-33(40,32(22)24(19)23(16)27(32)38)28(39)25(31)30(5,6)13-21(26(31)37)36-14-20(34-35-36)17-7-9-18(10-8-17)29(2,3)4/h7-10,14,19,21-26,28,37,39-40H,1,11-13,15H2,2-6H3/t19-,21-,22-,23?,24-,25+,26+,28-,31-,32+,33+/m0/s1. The van der Waals surface area contributed by atoms with Crippen LogP contribution in [0.2, 0.25) is 0 Å². The molecule has 1 unspecified atom stereocenters. The molecule has 3 heterocycles. The van der Waals surface area contributed by atoms with E-state index in [0.29, 0.717) is 12.8 Å². The predicted octanol–water partition coefficient (Wildman–Crippen LogP) is 3.67. The highest BCUT2D eigenvalue weighted by Gasteiger charge is 2.92. The Hall–Kier alpha value is -2.39. The van der Waals surface area contributed by atoms with Gasteiger partial charge in [0, 0.05) is 22.8 Å². The SMILES string of the molecule is C=C1C2C(=O)[C@]34[C@H]2[C@H]1CC[C@H]3[C@@]12CO[C@]4(O)[C@@H](O)[C@@H]1C(C)(C)C[C@H](n1cc(-c3ccc(C(C)(C)C)cc3)nn1)[C@H]2O. The lowest BCUT2D eigenvalue weighted by Crippen LogP contribution is -2.92. The van der Waals surface area contributed by atoms with Crippen LogP contribution in [-0.2, 0) is 14.9 Å². The topological polar surface area (TPSA) is 118 Å². The molecule has 2 aliphatic heterocycles. The van der Waals surface area contributed by atoms with Crippen LogP contribution >= 0.6 is 0 Å². The van der Waals surface area contributed by atoms with Gasteiger partial charge in [0.15, 0.2) is 5.78 Å². The molecule has 0 amide bonds. The number of carbonyl (C=O) groups excluding carboxylic acids is 1. The maximum absolute atomic E-state index is 14.0. The number of carbonyl (C=O) groups is 1. The Morgan fingerprint density at radius 2 is 1.80 bits per heavy atom. The van der Waals surface area contributed by atoms with Crippen LogP contribution in [0.3, 0.4) is 0 Å². The molecule has 8 nitrogen and oxygen atoms in total. The van der Waals surface area contributed by atoms with Crippen molar-refractivity contribution in [2.45, 2.75) is 83.3 Å². The van der Waals surface area contributed by atoms with E-state index in [1.807, 2.05) is 6.20 Å². The summed E-state index contributed by atoms with van der Waals surface area (Å²) in [7, 11) is 0. The van der Waals surface area contributed by atoms with Crippen molar-refractivity contribution < 1.29 is 24.9 Å². The highest BCUT2D eigenvalue weighted by atomic mass is 16.6. The summed E-state index contributed by atoms with van der Waals surface area (Å²) in [5, 5.41) is 45.5. The first-order valence-corrected chi connectivity index (χ1v) is 15.2. The van der Waals surface area contributed by atoms with E-state index in [4.69, 9.17) is 4.74 Å². The van der Waals surface area contributed by atoms with Crippen molar-refractivity contribution in [2.24, 2.45) is 45.8 Å². The third-order valence-corrected chi connectivity index (χ3v) is 12.7. The molecule has 2 bridgehead atoms. The number of allylic oxidation sites excluding steroid dienone is 1. The predicted molar refractivity (Wildman–Crippen MR) is 150 cm³/mol. The maximum atomic E-state index is 14.0. The molecule has 3 N–H and O–H groups in total. The Morgan fingerprint density at radius 1 is 1.10 bits per heavy atom. The summed E-state index contributed by atoms with van der Waals surface area (Å²) >= 11 is 0. The molecule has 5 saturated carbocycles. The second-order valence-corrected chi connectivity index (χ2v) is 15.7. The van der Waals surface area contributed by atoms with Crippen molar-refractivity contribution in [2.75, 3.05) is 6.61 Å². The molecule has 41 heavy (non-hydrogen) atoms. The number of ether oxygens (including phenoxy) is 1. The number of benzene rings is 1. The first kappa shape index (κ1) is 26.3. The number of ketones is 1. The molecule has 2 saturated heterocycles. The normalized spacial score (nSPS) is 47.1. The van der Waals surface area contributed by atoms with Crippen molar-refractivity contribution in [3.05, 3.63) is 48.2 Å². The summed E-state index contributed by atoms with van der Waals surface area (Å²) in [5.74, 6) is -2.89. The maximum Gasteiger partial charge on any atom is 0.205 e. The number of fused-ring (bicyclic) bond motifs is 1. The molecular weight excluding hydrogens is 518 g/mol. The molecule has 7 fully saturated rings. The van der Waals surface area contributed by atoms with Crippen LogP contribution < -0.4 is 0 Å². The number of Topliss-reactive ketones (excluding diaryl/α,β-unsaturated/α-hetero) is 1. The van der Waals surface area contributed by atoms with Crippen molar-refractivity contribution in [1.29, 1.82) is 0 Å². The fourth-order valence-corrected chi connectivity index (χ4v) is 11.1. The molecule has 9 rings (SSSR count). The van der Waals surface area contributed by atoms with Crippen LogP contribution in [0, 0.1) is 45.8 Å². The minimum atomic E-state index is -1.94. The average Bonchev–Trinajstić information content (AvgIpc) is 3.40. The fourth-order valence-electron chi connectivity index (χ4n) is 11.1. The van der Waals surface area contributed by atoms with Gasteiger partial charge in [-0.05, 0) is 53.4 Å². The molecule has 2 aromatic rings. The minimum Gasteiger partial charge on any atom is -0.390 e. The van der Waals surface area contributed by atoms with Crippen molar-refractivity contribution >= 4 is 5.78 Å². The Bertz CT molecular complexity index is 1490. The summed E-state index contributed by atoms with van der Waals surface area (Å²) in [4.78, 5) is 14.0. The molecule has 8 heteroatoms. The number of hydrogen-bond acceptors (Lipinski definition) is 7. The zero-order valence-corrected chi connectivity index (χ0v) is 24.5. The van der Waals surface area contributed by atoms with Gasteiger partial charge < -0.3 is 20.1 Å². The number of nitrogens with zero attached hydrogens (tertiary/aromatic N) is 3. The molecule has 1 aromatic heterocycles. The molecule has 218 valence electrons. The second kappa shape index (κ2) is 7.57. The van der Waals surface area contributed by atoms with E-state index in [-0.39, 0.29) is 41.5 Å². The van der Waals surface area contributed by atoms with E-state index in [0.717, 1.165) is 23.3 Å². The lowest BCUT2D eigenvalue weighted by Gasteiger charge is -2.83. The molecule has 5 aliphatic carbocycles. The van der Waals surface area contributed by atoms with Crippen LogP contribution in [-0.4, -0.2) is 60.7 Å². The van der Waals surface area contributed by atoms with Crippen LogP contribution in [0.25, 0.3) is 11.3 Å². The molecule has 7 aliphatic rings. The van der Waals surface area contributed by atoms with E-state index in [2.05, 4.69) is 75.8 Å². The Morgan fingerprint density at radius 3 is 2.49 bits per heavy atom. The van der Waals surface area contributed by atoms with E-state index in [9.17, 15) is 20.1 Å². The van der Waals surface area contributed by atoms with E-state index in [1.54, 1.807) is 4.68 Å². The van der Waals surface area contributed by atoms with Gasteiger partial charge in [0.25, 0.3) is 0 Å². The van der Waals surface area contributed by atoms with Crippen LogP contribution in [0.4, 0.5) is 0 Å². The highest BCUT2D eigenvalue weighted by molar-refractivity contribution is 6.01. The smallest absolute Gasteiger partial charge is 0.205 e. The Balaban J connectivity index is 1.21. The number of aromatic nitrogens is 3. The lowest BCUT2D eigenvalue weighted by molar-refractivity contribution is -0.477. The van der Waals surface area contributed by atoms with Gasteiger partial charge in [-0.25, -0.2) is 4.68 Å². The largest absolute Gasteiger partial charge is 0.390 e. The van der Waals surface area contributed by atoms with E-state index < -0.39 is 46.2 Å². The van der Waals surface area contributed by atoms with Crippen LogP contribution in [0.1, 0.15) is 65.5 Å². The summed E-state index contributed by atoms with van der Waals surface area (Å²) in [5.41, 5.74) is 1.36. The number of aliphatic hydroxyl groups excluding tert-OH is 2. The van der Waals surface area contributed by atoms with Crippen molar-refractivity contribution in [3.8, 4) is 11.3 Å². The number of aliphatic hydroxyl groups is 3. The number of hydrogen-bond donors (Lipinski definition) is 3. The van der Waals surface area contributed by atoms with Crippen LogP contribution in [0.15, 0.2) is 42.6 Å². The molecule has 11 atom stereocenters. The zero-order chi connectivity index (χ0) is 29.1. The van der Waals surface area contributed by atoms with Gasteiger partial charge in [-0.3, -0.25) is 4.79 Å². The fraction of sp³-hybridized carbons (Fsp3) is 0.667. The monoisotopic (exact) mass is 559 g/mol. The number of rotatable bonds is 2. The van der Waals surface area contributed by atoms with Gasteiger partial charge in [0.05, 0.1) is 30.4 Å². The Labute approximate surface area is 240 Å². The van der Waals surface area contributed by atoms with E-state index in [1.165, 1.54) is 5.56 Å². The van der Waals surface area contributed by atoms with Gasteiger partial charge in [0.2, 0.25) is 5.79 Å². The van der Waals surface area contributed by atoms with Gasteiger partial charge in [-0.1, -0.05) is 76.2 Å². The molecular formula is C33H41N3O5. The minimum absolute atomic E-state index is 0.0492. The summed E-state index contributed by atoms with van der Waals surface area (Å²) in [6, 6.07) is 7.94. The summed E-state index contributed by atoms with van der Waals surface area (Å²) < 4.78 is 8.00. The second-order valence-electron chi connectivity index (χ2n) is 15.7. The zero-order valence-electron chi connectivity index (χ0n) is 24.5. The average molecular weight is 560 g/mol. The lowest BCUT2D eigenvalue weighted by atomic mass is 9.23. The first-order chi connectivity index (χ1) is 19.2.